The molecule has 0 aromatic rings. The maximum absolute atomic E-state index is 12.6. The van der Waals surface area contributed by atoms with Gasteiger partial charge in [0.15, 0.2) is 0 Å². The van der Waals surface area contributed by atoms with Crippen molar-refractivity contribution in [3.05, 3.63) is 0 Å². The Balaban J connectivity index is 1.73. The molecule has 0 aromatic carbocycles. The standard InChI is InChI=1S/C18H34N2O3/c1-15-5-10-20(11-6-15)14-16(21)13-19-17(22)18(9-12-23-2)7-3-4-8-18/h15-16,21H,3-14H2,1-2H3,(H,19,22). The van der Waals surface area contributed by atoms with E-state index in [0.717, 1.165) is 51.1 Å². The van der Waals surface area contributed by atoms with Crippen LogP contribution in [0.25, 0.3) is 0 Å². The molecule has 0 spiro atoms. The van der Waals surface area contributed by atoms with Crippen LogP contribution in [0.3, 0.4) is 0 Å². The van der Waals surface area contributed by atoms with E-state index < -0.39 is 6.10 Å². The summed E-state index contributed by atoms with van der Waals surface area (Å²) in [6.45, 7) is 6.06. The van der Waals surface area contributed by atoms with E-state index in [1.165, 1.54) is 12.8 Å². The first-order chi connectivity index (χ1) is 11.1. The van der Waals surface area contributed by atoms with Crippen molar-refractivity contribution in [1.82, 2.24) is 10.2 Å². The molecule has 1 amide bonds. The van der Waals surface area contributed by atoms with E-state index in [1.54, 1.807) is 7.11 Å². The Morgan fingerprint density at radius 3 is 2.61 bits per heavy atom. The lowest BCUT2D eigenvalue weighted by molar-refractivity contribution is -0.132. The Morgan fingerprint density at radius 2 is 2.00 bits per heavy atom. The fourth-order valence-electron chi connectivity index (χ4n) is 3.95. The Labute approximate surface area is 140 Å². The smallest absolute Gasteiger partial charge is 0.226 e. The molecule has 2 N–H and O–H groups in total. The van der Waals surface area contributed by atoms with Gasteiger partial charge in [-0.05, 0) is 51.1 Å². The van der Waals surface area contributed by atoms with Gasteiger partial charge in [-0.3, -0.25) is 4.79 Å². The van der Waals surface area contributed by atoms with E-state index in [-0.39, 0.29) is 11.3 Å². The summed E-state index contributed by atoms with van der Waals surface area (Å²) in [6.07, 6.45) is 6.85. The molecule has 1 aliphatic heterocycles. The predicted octanol–water partition coefficient (Wildman–Crippen LogP) is 1.79. The third kappa shape index (κ3) is 5.44. The molecule has 2 fully saturated rings. The van der Waals surface area contributed by atoms with Gasteiger partial charge in [0.1, 0.15) is 0 Å². The number of nitrogens with zero attached hydrogens (tertiary/aromatic N) is 1. The molecule has 5 nitrogen and oxygen atoms in total. The summed E-state index contributed by atoms with van der Waals surface area (Å²) < 4.78 is 5.18. The van der Waals surface area contributed by atoms with Gasteiger partial charge in [-0.25, -0.2) is 0 Å². The lowest BCUT2D eigenvalue weighted by Crippen LogP contribution is -2.46. The van der Waals surface area contributed by atoms with Crippen molar-refractivity contribution in [1.29, 1.82) is 0 Å². The number of ether oxygens (including phenoxy) is 1. The lowest BCUT2D eigenvalue weighted by atomic mass is 9.82. The minimum absolute atomic E-state index is 0.110. The van der Waals surface area contributed by atoms with Crippen LogP contribution in [0.15, 0.2) is 0 Å². The molecule has 23 heavy (non-hydrogen) atoms. The van der Waals surface area contributed by atoms with Crippen molar-refractivity contribution in [2.24, 2.45) is 11.3 Å². The van der Waals surface area contributed by atoms with Crippen LogP contribution in [0.2, 0.25) is 0 Å². The van der Waals surface area contributed by atoms with Gasteiger partial charge in [0, 0.05) is 26.8 Å². The molecule has 1 heterocycles. The molecular weight excluding hydrogens is 292 g/mol. The molecule has 0 bridgehead atoms. The maximum Gasteiger partial charge on any atom is 0.226 e. The Morgan fingerprint density at radius 1 is 1.35 bits per heavy atom. The summed E-state index contributed by atoms with van der Waals surface area (Å²) in [7, 11) is 1.68. The lowest BCUT2D eigenvalue weighted by Gasteiger charge is -2.32. The molecule has 0 radical (unpaired) electrons. The van der Waals surface area contributed by atoms with Crippen molar-refractivity contribution < 1.29 is 14.6 Å². The first-order valence-electron chi connectivity index (χ1n) is 9.23. The van der Waals surface area contributed by atoms with Crippen LogP contribution in [-0.2, 0) is 9.53 Å². The number of carbonyl (C=O) groups excluding carboxylic acids is 1. The van der Waals surface area contributed by atoms with Crippen LogP contribution in [0.4, 0.5) is 0 Å². The highest BCUT2D eigenvalue weighted by molar-refractivity contribution is 5.82. The summed E-state index contributed by atoms with van der Waals surface area (Å²) in [5, 5.41) is 13.2. The molecule has 1 saturated heterocycles. The summed E-state index contributed by atoms with van der Waals surface area (Å²) in [5.74, 6) is 0.907. The Hall–Kier alpha value is -0.650. The zero-order valence-corrected chi connectivity index (χ0v) is 14.9. The number of aliphatic hydroxyl groups excluding tert-OH is 1. The van der Waals surface area contributed by atoms with Crippen LogP contribution >= 0.6 is 0 Å². The molecule has 1 atom stereocenters. The number of hydrogen-bond acceptors (Lipinski definition) is 4. The third-order valence-electron chi connectivity index (χ3n) is 5.67. The number of nitrogens with one attached hydrogen (secondary N) is 1. The highest BCUT2D eigenvalue weighted by Gasteiger charge is 2.40. The van der Waals surface area contributed by atoms with Crippen molar-refractivity contribution in [2.75, 3.05) is 39.9 Å². The van der Waals surface area contributed by atoms with Gasteiger partial charge in [0.2, 0.25) is 5.91 Å². The van der Waals surface area contributed by atoms with Gasteiger partial charge in [0.05, 0.1) is 11.5 Å². The molecule has 134 valence electrons. The topological polar surface area (TPSA) is 61.8 Å². The van der Waals surface area contributed by atoms with E-state index in [1.807, 2.05) is 0 Å². The number of piperidine rings is 1. The highest BCUT2D eigenvalue weighted by atomic mass is 16.5. The van der Waals surface area contributed by atoms with E-state index in [4.69, 9.17) is 4.74 Å². The summed E-state index contributed by atoms with van der Waals surface area (Å²) in [4.78, 5) is 14.9. The van der Waals surface area contributed by atoms with Gasteiger partial charge >= 0.3 is 0 Å². The van der Waals surface area contributed by atoms with E-state index in [2.05, 4.69) is 17.1 Å². The Bertz CT molecular complexity index is 361. The highest BCUT2D eigenvalue weighted by Crippen LogP contribution is 2.41. The van der Waals surface area contributed by atoms with Crippen molar-refractivity contribution in [3.63, 3.8) is 0 Å². The van der Waals surface area contributed by atoms with Crippen LogP contribution in [0.5, 0.6) is 0 Å². The van der Waals surface area contributed by atoms with Crippen LogP contribution in [0.1, 0.15) is 51.9 Å². The SMILES string of the molecule is COCCC1(C(=O)NCC(O)CN2CCC(C)CC2)CCCC1. The van der Waals surface area contributed by atoms with Gasteiger partial charge in [-0.2, -0.15) is 0 Å². The number of aliphatic hydroxyl groups is 1. The molecule has 1 aliphatic carbocycles. The van der Waals surface area contributed by atoms with E-state index in [0.29, 0.717) is 19.7 Å². The normalized spacial score (nSPS) is 23.8. The number of methoxy groups -OCH3 is 1. The zero-order chi connectivity index (χ0) is 16.7. The predicted molar refractivity (Wildman–Crippen MR) is 91.2 cm³/mol. The fraction of sp³-hybridized carbons (Fsp3) is 0.944. The van der Waals surface area contributed by atoms with E-state index >= 15 is 0 Å². The second-order valence-corrected chi connectivity index (χ2v) is 7.58. The number of hydrogen-bond donors (Lipinski definition) is 2. The molecule has 2 aliphatic rings. The largest absolute Gasteiger partial charge is 0.390 e. The van der Waals surface area contributed by atoms with Gasteiger partial charge in [-0.1, -0.05) is 19.8 Å². The summed E-state index contributed by atoms with van der Waals surface area (Å²) in [5.41, 5.74) is -0.268. The maximum atomic E-state index is 12.6. The summed E-state index contributed by atoms with van der Waals surface area (Å²) in [6, 6.07) is 0. The molecular formula is C18H34N2O3. The Kier molecular flexibility index (Phi) is 7.31. The summed E-state index contributed by atoms with van der Waals surface area (Å²) >= 11 is 0. The molecule has 0 aromatic heterocycles. The second kappa shape index (κ2) is 9.00. The van der Waals surface area contributed by atoms with E-state index in [9.17, 15) is 9.90 Å². The zero-order valence-electron chi connectivity index (χ0n) is 14.9. The number of β-amino-alcohol motifs (C(OH)–C–C–N with tert-alkyl or cyclic N) is 1. The molecule has 1 saturated carbocycles. The van der Waals surface area contributed by atoms with Gasteiger partial charge in [0.25, 0.3) is 0 Å². The average Bonchev–Trinajstić information content (AvgIpc) is 3.03. The molecule has 2 rings (SSSR count). The van der Waals surface area contributed by atoms with Crippen molar-refractivity contribution in [2.45, 2.75) is 58.0 Å². The van der Waals surface area contributed by atoms with Crippen LogP contribution < -0.4 is 5.32 Å². The second-order valence-electron chi connectivity index (χ2n) is 7.58. The van der Waals surface area contributed by atoms with Crippen molar-refractivity contribution >= 4 is 5.91 Å². The number of carbonyl (C=O) groups is 1. The van der Waals surface area contributed by atoms with Crippen LogP contribution in [0, 0.1) is 11.3 Å². The number of amides is 1. The van der Waals surface area contributed by atoms with Crippen molar-refractivity contribution in [3.8, 4) is 0 Å². The first-order valence-corrected chi connectivity index (χ1v) is 9.23. The first kappa shape index (κ1) is 18.7. The van der Waals surface area contributed by atoms with Crippen LogP contribution in [-0.4, -0.2) is 61.9 Å². The minimum atomic E-state index is -0.478. The quantitative estimate of drug-likeness (QED) is 0.714. The van der Waals surface area contributed by atoms with Gasteiger partial charge in [-0.15, -0.1) is 0 Å². The molecule has 5 heteroatoms. The number of rotatable bonds is 8. The monoisotopic (exact) mass is 326 g/mol. The fourth-order valence-corrected chi connectivity index (χ4v) is 3.95. The number of likely N-dealkylation sites (tertiary alicyclic amines) is 1. The minimum Gasteiger partial charge on any atom is -0.390 e. The van der Waals surface area contributed by atoms with Gasteiger partial charge < -0.3 is 20.1 Å². The average molecular weight is 326 g/mol. The third-order valence-corrected chi connectivity index (χ3v) is 5.67. The molecule has 1 unspecified atom stereocenters.